The molecule has 0 radical (unpaired) electrons. The van der Waals surface area contributed by atoms with Crippen LogP contribution in [0, 0.1) is 13.8 Å². The molecule has 0 heterocycles. The monoisotopic (exact) mass is 411 g/mol. The second-order valence-corrected chi connectivity index (χ2v) is 7.07. The molecule has 0 aliphatic heterocycles. The van der Waals surface area contributed by atoms with Crippen LogP contribution >= 0.6 is 0 Å². The van der Waals surface area contributed by atoms with Crippen LogP contribution in [0.1, 0.15) is 28.3 Å². The highest BCUT2D eigenvalue weighted by molar-refractivity contribution is 5.92. The van der Waals surface area contributed by atoms with Gasteiger partial charge >= 0.3 is 6.61 Å². The summed E-state index contributed by atoms with van der Waals surface area (Å²) in [4.78, 5) is 12.6. The van der Waals surface area contributed by atoms with Gasteiger partial charge in [0, 0.05) is 16.8 Å². The van der Waals surface area contributed by atoms with E-state index < -0.39 is 6.61 Å². The molecule has 4 nitrogen and oxygen atoms in total. The Bertz CT molecular complexity index is 976. The van der Waals surface area contributed by atoms with Crippen molar-refractivity contribution in [3.05, 3.63) is 95.1 Å². The van der Waals surface area contributed by atoms with Gasteiger partial charge in [-0.3, -0.25) is 4.79 Å². The summed E-state index contributed by atoms with van der Waals surface area (Å²) in [5.74, 6) is -0.00416. The summed E-state index contributed by atoms with van der Waals surface area (Å²) >= 11 is 0. The minimum absolute atomic E-state index is 0.105. The first-order valence-corrected chi connectivity index (χ1v) is 9.73. The van der Waals surface area contributed by atoms with Crippen LogP contribution in [0.2, 0.25) is 0 Å². The van der Waals surface area contributed by atoms with Crippen molar-refractivity contribution in [1.82, 2.24) is 0 Å². The SMILES string of the molecule is Cc1cccc(NC(=O)C[NH2+][C@H](c2ccccc2)c2ccc(OC(F)F)cc2)c1C. The van der Waals surface area contributed by atoms with Gasteiger partial charge in [-0.25, -0.2) is 0 Å². The molecule has 0 saturated heterocycles. The molecule has 0 saturated carbocycles. The van der Waals surface area contributed by atoms with Crippen molar-refractivity contribution >= 4 is 11.6 Å². The fourth-order valence-corrected chi connectivity index (χ4v) is 3.29. The predicted octanol–water partition coefficient (Wildman–Crippen LogP) is 4.20. The number of hydrogen-bond donors (Lipinski definition) is 2. The Morgan fingerprint density at radius 1 is 0.933 bits per heavy atom. The van der Waals surface area contributed by atoms with Crippen molar-refractivity contribution in [2.75, 3.05) is 11.9 Å². The Morgan fingerprint density at radius 3 is 2.27 bits per heavy atom. The number of amides is 1. The molecular formula is C24H25F2N2O2+. The number of halogens is 2. The number of quaternary nitrogens is 1. The number of carbonyl (C=O) groups excluding carboxylic acids is 1. The van der Waals surface area contributed by atoms with E-state index in [2.05, 4.69) is 10.1 Å². The third kappa shape index (κ3) is 5.64. The van der Waals surface area contributed by atoms with Gasteiger partial charge in [-0.15, -0.1) is 0 Å². The number of aryl methyl sites for hydroxylation is 1. The molecule has 1 atom stereocenters. The third-order valence-electron chi connectivity index (χ3n) is 5.04. The Labute approximate surface area is 174 Å². The van der Waals surface area contributed by atoms with E-state index in [0.29, 0.717) is 0 Å². The van der Waals surface area contributed by atoms with Gasteiger partial charge in [-0.2, -0.15) is 8.78 Å². The van der Waals surface area contributed by atoms with E-state index in [9.17, 15) is 13.6 Å². The lowest BCUT2D eigenvalue weighted by molar-refractivity contribution is -0.676. The van der Waals surface area contributed by atoms with E-state index in [0.717, 1.165) is 27.9 Å². The minimum Gasteiger partial charge on any atom is -0.435 e. The maximum atomic E-state index is 12.6. The number of benzene rings is 3. The van der Waals surface area contributed by atoms with Crippen molar-refractivity contribution < 1.29 is 23.6 Å². The average Bonchev–Trinajstić information content (AvgIpc) is 2.73. The van der Waals surface area contributed by atoms with Crippen LogP contribution in [0.4, 0.5) is 14.5 Å². The molecule has 3 aromatic carbocycles. The van der Waals surface area contributed by atoms with E-state index >= 15 is 0 Å². The van der Waals surface area contributed by atoms with Gasteiger partial charge in [0.1, 0.15) is 11.8 Å². The summed E-state index contributed by atoms with van der Waals surface area (Å²) < 4.78 is 29.3. The van der Waals surface area contributed by atoms with E-state index in [4.69, 9.17) is 0 Å². The van der Waals surface area contributed by atoms with Crippen LogP contribution in [0.3, 0.4) is 0 Å². The molecule has 0 unspecified atom stereocenters. The molecule has 0 aliphatic rings. The first-order chi connectivity index (χ1) is 14.4. The summed E-state index contributed by atoms with van der Waals surface area (Å²) in [5, 5.41) is 4.90. The van der Waals surface area contributed by atoms with Gasteiger partial charge in [0.05, 0.1) is 0 Å². The summed E-state index contributed by atoms with van der Waals surface area (Å²) in [6, 6.07) is 21.9. The quantitative estimate of drug-likeness (QED) is 0.584. The maximum absolute atomic E-state index is 12.6. The minimum atomic E-state index is -2.86. The number of rotatable bonds is 8. The van der Waals surface area contributed by atoms with Crippen LogP contribution in [-0.4, -0.2) is 19.1 Å². The zero-order valence-corrected chi connectivity index (χ0v) is 16.9. The summed E-state index contributed by atoms with van der Waals surface area (Å²) in [7, 11) is 0. The van der Waals surface area contributed by atoms with Gasteiger partial charge < -0.3 is 15.4 Å². The first-order valence-electron chi connectivity index (χ1n) is 9.73. The van der Waals surface area contributed by atoms with Crippen LogP contribution < -0.4 is 15.4 Å². The number of nitrogens with two attached hydrogens (primary N) is 1. The van der Waals surface area contributed by atoms with Crippen LogP contribution in [-0.2, 0) is 4.79 Å². The maximum Gasteiger partial charge on any atom is 0.387 e. The highest BCUT2D eigenvalue weighted by atomic mass is 19.3. The summed E-state index contributed by atoms with van der Waals surface area (Å²) in [6.07, 6.45) is 0. The molecule has 3 aromatic rings. The largest absolute Gasteiger partial charge is 0.435 e. The van der Waals surface area contributed by atoms with E-state index in [1.807, 2.05) is 67.7 Å². The molecule has 156 valence electrons. The number of carbonyl (C=O) groups is 1. The zero-order chi connectivity index (χ0) is 21.5. The fraction of sp³-hybridized carbons (Fsp3) is 0.208. The standard InChI is InChI=1S/C24H24F2N2O2/c1-16-7-6-10-21(17(16)2)28-22(29)15-27-23(18-8-4-3-5-9-18)19-11-13-20(14-12-19)30-24(25)26/h3-14,23-24,27H,15H2,1-2H3,(H,28,29)/p+1/t23-/m1/s1. The summed E-state index contributed by atoms with van der Waals surface area (Å²) in [6.45, 7) is 1.33. The fourth-order valence-electron chi connectivity index (χ4n) is 3.29. The lowest BCUT2D eigenvalue weighted by atomic mass is 9.98. The molecule has 3 N–H and O–H groups in total. The molecule has 0 bridgehead atoms. The van der Waals surface area contributed by atoms with Gasteiger partial charge in [-0.1, -0.05) is 42.5 Å². The average molecular weight is 411 g/mol. The molecule has 6 heteroatoms. The number of ether oxygens (including phenoxy) is 1. The predicted molar refractivity (Wildman–Crippen MR) is 113 cm³/mol. The second-order valence-electron chi connectivity index (χ2n) is 7.07. The van der Waals surface area contributed by atoms with E-state index in [1.165, 1.54) is 12.1 Å². The van der Waals surface area contributed by atoms with Gasteiger partial charge in [0.2, 0.25) is 0 Å². The van der Waals surface area contributed by atoms with Crippen LogP contribution in [0.25, 0.3) is 0 Å². The van der Waals surface area contributed by atoms with Gasteiger partial charge in [-0.05, 0) is 55.3 Å². The molecule has 0 spiro atoms. The number of alkyl halides is 2. The highest BCUT2D eigenvalue weighted by Gasteiger charge is 2.19. The van der Waals surface area contributed by atoms with Gasteiger partial charge in [0.15, 0.2) is 6.54 Å². The van der Waals surface area contributed by atoms with Crippen molar-refractivity contribution in [3.63, 3.8) is 0 Å². The second kappa shape index (κ2) is 9.98. The normalized spacial score (nSPS) is 11.9. The van der Waals surface area contributed by atoms with Crippen molar-refractivity contribution in [2.24, 2.45) is 0 Å². The summed E-state index contributed by atoms with van der Waals surface area (Å²) in [5.41, 5.74) is 4.87. The van der Waals surface area contributed by atoms with E-state index in [-0.39, 0.29) is 24.2 Å². The van der Waals surface area contributed by atoms with Crippen molar-refractivity contribution in [2.45, 2.75) is 26.5 Å². The highest BCUT2D eigenvalue weighted by Crippen LogP contribution is 2.22. The first kappa shape index (κ1) is 21.5. The molecule has 1 amide bonds. The smallest absolute Gasteiger partial charge is 0.387 e. The molecule has 0 aromatic heterocycles. The Morgan fingerprint density at radius 2 is 1.60 bits per heavy atom. The van der Waals surface area contributed by atoms with Gasteiger partial charge in [0.25, 0.3) is 5.91 Å². The number of nitrogens with one attached hydrogen (secondary N) is 1. The molecule has 0 fully saturated rings. The Hall–Kier alpha value is -3.25. The molecule has 3 rings (SSSR count). The van der Waals surface area contributed by atoms with Crippen molar-refractivity contribution in [1.29, 1.82) is 0 Å². The third-order valence-corrected chi connectivity index (χ3v) is 5.04. The Balaban J connectivity index is 1.73. The number of anilines is 1. The van der Waals surface area contributed by atoms with Crippen LogP contribution in [0.15, 0.2) is 72.8 Å². The zero-order valence-electron chi connectivity index (χ0n) is 16.9. The lowest BCUT2D eigenvalue weighted by Gasteiger charge is -2.17. The lowest BCUT2D eigenvalue weighted by Crippen LogP contribution is -2.87. The topological polar surface area (TPSA) is 54.9 Å². The Kier molecular flexibility index (Phi) is 7.14. The molecular weight excluding hydrogens is 386 g/mol. The number of hydrogen-bond acceptors (Lipinski definition) is 2. The molecule has 30 heavy (non-hydrogen) atoms. The van der Waals surface area contributed by atoms with Crippen molar-refractivity contribution in [3.8, 4) is 5.75 Å². The molecule has 0 aliphatic carbocycles. The van der Waals surface area contributed by atoms with Crippen LogP contribution in [0.5, 0.6) is 5.75 Å². The van der Waals surface area contributed by atoms with E-state index in [1.54, 1.807) is 12.1 Å².